The van der Waals surface area contributed by atoms with Crippen molar-refractivity contribution < 1.29 is 34.7 Å². The lowest BCUT2D eigenvalue weighted by Crippen LogP contribution is -3.00. The first kappa shape index (κ1) is 15.4. The summed E-state index contributed by atoms with van der Waals surface area (Å²) in [5.74, 6) is 0. The molecule has 5 heteroatoms. The maximum Gasteiger partial charge on any atom is 0.477 e. The molecule has 0 atom stereocenters. The summed E-state index contributed by atoms with van der Waals surface area (Å²) < 4.78 is 38.9. The summed E-state index contributed by atoms with van der Waals surface area (Å²) >= 11 is 0. The molecule has 0 aliphatic carbocycles. The molecule has 0 unspecified atom stereocenters. The van der Waals surface area contributed by atoms with Gasteiger partial charge < -0.3 is 17.0 Å². The second-order valence-electron chi connectivity index (χ2n) is 3.48. The zero-order valence-electron chi connectivity index (χ0n) is 9.10. The summed E-state index contributed by atoms with van der Waals surface area (Å²) in [4.78, 5) is 0. The van der Waals surface area contributed by atoms with Crippen molar-refractivity contribution in [2.45, 2.75) is 38.9 Å². The van der Waals surface area contributed by atoms with Gasteiger partial charge in [-0.15, -0.1) is 0 Å². The standard InChI is InChI=1S/C11H15F3N.BrH/c1-2-3-5-8-15-9-6-4-7-10(15)11(12,13)14;/h4,6-7,9H,2-3,5,8H2,1H3;1H/q+1;/p-1. The van der Waals surface area contributed by atoms with Gasteiger partial charge in [0.05, 0.1) is 0 Å². The van der Waals surface area contributed by atoms with Crippen molar-refractivity contribution in [1.29, 1.82) is 0 Å². The van der Waals surface area contributed by atoms with Crippen LogP contribution in [0.25, 0.3) is 0 Å². The predicted molar refractivity (Wildman–Crippen MR) is 51.2 cm³/mol. The van der Waals surface area contributed by atoms with Gasteiger partial charge in [0.15, 0.2) is 6.20 Å². The fraction of sp³-hybridized carbons (Fsp3) is 0.545. The van der Waals surface area contributed by atoms with Gasteiger partial charge in [-0.05, 0) is 12.5 Å². The van der Waals surface area contributed by atoms with Gasteiger partial charge in [-0.2, -0.15) is 17.7 Å². The minimum atomic E-state index is -4.26. The van der Waals surface area contributed by atoms with Crippen molar-refractivity contribution in [2.75, 3.05) is 0 Å². The average molecular weight is 298 g/mol. The number of aromatic nitrogens is 1. The first-order valence-electron chi connectivity index (χ1n) is 5.11. The Balaban J connectivity index is 0.00000225. The lowest BCUT2D eigenvalue weighted by Gasteiger charge is -2.06. The number of nitrogens with zero attached hydrogens (tertiary/aromatic N) is 1. The molecule has 0 N–H and O–H groups in total. The molecule has 0 fully saturated rings. The van der Waals surface area contributed by atoms with E-state index in [1.165, 1.54) is 16.8 Å². The highest BCUT2D eigenvalue weighted by Crippen LogP contribution is 2.26. The van der Waals surface area contributed by atoms with Crippen LogP contribution in [-0.4, -0.2) is 0 Å². The molecule has 1 aromatic heterocycles. The molecule has 0 aliphatic rings. The molecular formula is C11H15BrF3N. The van der Waals surface area contributed by atoms with Crippen molar-refractivity contribution in [3.05, 3.63) is 30.1 Å². The maximum absolute atomic E-state index is 12.5. The van der Waals surface area contributed by atoms with Crippen LogP contribution < -0.4 is 21.5 Å². The van der Waals surface area contributed by atoms with E-state index in [0.717, 1.165) is 25.3 Å². The highest BCUT2D eigenvalue weighted by Gasteiger charge is 2.40. The number of unbranched alkanes of at least 4 members (excludes halogenated alkanes) is 2. The number of alkyl halides is 3. The number of halogens is 4. The molecular weight excluding hydrogens is 283 g/mol. The van der Waals surface area contributed by atoms with E-state index in [1.807, 2.05) is 6.92 Å². The summed E-state index contributed by atoms with van der Waals surface area (Å²) in [6, 6.07) is 4.16. The first-order valence-corrected chi connectivity index (χ1v) is 5.11. The van der Waals surface area contributed by atoms with E-state index in [0.29, 0.717) is 6.54 Å². The van der Waals surface area contributed by atoms with Crippen molar-refractivity contribution in [3.8, 4) is 0 Å². The Morgan fingerprint density at radius 3 is 2.44 bits per heavy atom. The van der Waals surface area contributed by atoms with Crippen molar-refractivity contribution >= 4 is 0 Å². The van der Waals surface area contributed by atoms with Gasteiger partial charge in [0.25, 0.3) is 5.69 Å². The molecule has 92 valence electrons. The minimum absolute atomic E-state index is 0. The molecule has 1 aromatic rings. The third kappa shape index (κ3) is 4.51. The fourth-order valence-corrected chi connectivity index (χ4v) is 1.46. The topological polar surface area (TPSA) is 3.88 Å². The second-order valence-corrected chi connectivity index (χ2v) is 3.48. The highest BCUT2D eigenvalue weighted by molar-refractivity contribution is 5.00. The molecule has 0 aromatic carbocycles. The Morgan fingerprint density at radius 1 is 1.19 bits per heavy atom. The summed E-state index contributed by atoms with van der Waals surface area (Å²) in [6.07, 6.45) is -0.0197. The van der Waals surface area contributed by atoms with Crippen LogP contribution in [0.4, 0.5) is 13.2 Å². The fourth-order valence-electron chi connectivity index (χ4n) is 1.46. The van der Waals surface area contributed by atoms with Crippen molar-refractivity contribution in [3.63, 3.8) is 0 Å². The van der Waals surface area contributed by atoms with Crippen molar-refractivity contribution in [2.24, 2.45) is 0 Å². The van der Waals surface area contributed by atoms with Gasteiger partial charge in [0, 0.05) is 18.6 Å². The number of aryl methyl sites for hydroxylation is 1. The van der Waals surface area contributed by atoms with Crippen LogP contribution in [0.5, 0.6) is 0 Å². The summed E-state index contributed by atoms with van der Waals surface area (Å²) in [5.41, 5.74) is -0.568. The number of pyridine rings is 1. The van der Waals surface area contributed by atoms with E-state index in [4.69, 9.17) is 0 Å². The Bertz CT molecular complexity index is 312. The van der Waals surface area contributed by atoms with Crippen LogP contribution >= 0.6 is 0 Å². The minimum Gasteiger partial charge on any atom is -1.00 e. The molecule has 1 heterocycles. The Kier molecular flexibility index (Phi) is 6.64. The van der Waals surface area contributed by atoms with Gasteiger partial charge in [-0.25, -0.2) is 0 Å². The predicted octanol–water partition coefficient (Wildman–Crippen LogP) is 0.187. The van der Waals surface area contributed by atoms with E-state index >= 15 is 0 Å². The third-order valence-electron chi connectivity index (χ3n) is 2.23. The van der Waals surface area contributed by atoms with Gasteiger partial charge >= 0.3 is 6.18 Å². The Morgan fingerprint density at radius 2 is 1.88 bits per heavy atom. The van der Waals surface area contributed by atoms with Gasteiger partial charge in [0.1, 0.15) is 6.54 Å². The molecule has 0 saturated carbocycles. The average Bonchev–Trinajstić information content (AvgIpc) is 2.17. The molecule has 1 rings (SSSR count). The highest BCUT2D eigenvalue weighted by atomic mass is 79.9. The van der Waals surface area contributed by atoms with Gasteiger partial charge in [-0.1, -0.05) is 13.3 Å². The summed E-state index contributed by atoms with van der Waals surface area (Å²) in [6.45, 7) is 2.46. The smallest absolute Gasteiger partial charge is 0.477 e. The van der Waals surface area contributed by atoms with E-state index < -0.39 is 11.9 Å². The maximum atomic E-state index is 12.5. The molecule has 0 bridgehead atoms. The normalized spacial score (nSPS) is 11.0. The second kappa shape index (κ2) is 6.89. The zero-order chi connectivity index (χ0) is 11.3. The van der Waals surface area contributed by atoms with E-state index in [-0.39, 0.29) is 17.0 Å². The number of rotatable bonds is 4. The zero-order valence-corrected chi connectivity index (χ0v) is 10.7. The van der Waals surface area contributed by atoms with Crippen LogP contribution in [-0.2, 0) is 12.7 Å². The molecule has 0 aliphatic heterocycles. The third-order valence-corrected chi connectivity index (χ3v) is 2.23. The molecule has 0 radical (unpaired) electrons. The molecule has 16 heavy (non-hydrogen) atoms. The van der Waals surface area contributed by atoms with Crippen molar-refractivity contribution in [1.82, 2.24) is 0 Å². The molecule has 1 nitrogen and oxygen atoms in total. The quantitative estimate of drug-likeness (QED) is 0.552. The van der Waals surface area contributed by atoms with E-state index in [1.54, 1.807) is 6.07 Å². The lowest BCUT2D eigenvalue weighted by molar-refractivity contribution is -0.715. The largest absolute Gasteiger partial charge is 1.00 e. The lowest BCUT2D eigenvalue weighted by atomic mass is 10.2. The molecule has 0 saturated heterocycles. The summed E-state index contributed by atoms with van der Waals surface area (Å²) in [5, 5.41) is 0. The number of hydrogen-bond donors (Lipinski definition) is 0. The monoisotopic (exact) mass is 297 g/mol. The molecule has 0 amide bonds. The van der Waals surface area contributed by atoms with Crippen LogP contribution in [0.1, 0.15) is 31.9 Å². The van der Waals surface area contributed by atoms with Gasteiger partial charge in [0.2, 0.25) is 0 Å². The first-order chi connectivity index (χ1) is 7.05. The van der Waals surface area contributed by atoms with E-state index in [9.17, 15) is 13.2 Å². The van der Waals surface area contributed by atoms with Crippen LogP contribution in [0.15, 0.2) is 24.4 Å². The van der Waals surface area contributed by atoms with Crippen LogP contribution in [0, 0.1) is 0 Å². The number of hydrogen-bond acceptors (Lipinski definition) is 0. The molecule has 0 spiro atoms. The van der Waals surface area contributed by atoms with Crippen LogP contribution in [0.2, 0.25) is 0 Å². The SMILES string of the molecule is CCCCC[n+]1ccccc1C(F)(F)F.[Br-]. The van der Waals surface area contributed by atoms with E-state index in [2.05, 4.69) is 0 Å². The Labute approximate surface area is 104 Å². The Hall–Kier alpha value is -0.580. The summed E-state index contributed by atoms with van der Waals surface area (Å²) in [7, 11) is 0. The van der Waals surface area contributed by atoms with Crippen LogP contribution in [0.3, 0.4) is 0 Å². The van der Waals surface area contributed by atoms with Gasteiger partial charge in [-0.3, -0.25) is 0 Å².